The zero-order chi connectivity index (χ0) is 31.8. The zero-order valence-electron chi connectivity index (χ0n) is 23.6. The number of rotatable bonds is 9. The number of ether oxygens (including phenoxy) is 1. The first-order valence-electron chi connectivity index (χ1n) is 13.2. The summed E-state index contributed by atoms with van der Waals surface area (Å²) in [6.07, 6.45) is 1.71. The number of nitrogens with zero attached hydrogens (tertiary/aromatic N) is 3. The van der Waals surface area contributed by atoms with Crippen LogP contribution in [0.15, 0.2) is 60.8 Å². The number of aliphatic hydroxyl groups excluding tert-OH is 1. The lowest BCUT2D eigenvalue weighted by Gasteiger charge is -2.28. The fourth-order valence-corrected chi connectivity index (χ4v) is 4.00. The maximum Gasteiger partial charge on any atom is 0.414 e. The number of nitrogens with one attached hydrogen (secondary N) is 1. The highest BCUT2D eigenvalue weighted by molar-refractivity contribution is 6.27. The van der Waals surface area contributed by atoms with Gasteiger partial charge in [0.05, 0.1) is 31.6 Å². The minimum atomic E-state index is -1.82. The third-order valence-corrected chi connectivity index (χ3v) is 5.95. The van der Waals surface area contributed by atoms with Crippen molar-refractivity contribution in [1.29, 1.82) is 0 Å². The highest BCUT2D eigenvalue weighted by Crippen LogP contribution is 2.23. The third-order valence-electron chi connectivity index (χ3n) is 5.95. The third kappa shape index (κ3) is 13.3. The van der Waals surface area contributed by atoms with Crippen molar-refractivity contribution in [2.24, 2.45) is 0 Å². The lowest BCUT2D eigenvalue weighted by atomic mass is 10.1. The van der Waals surface area contributed by atoms with Crippen LogP contribution < -0.4 is 5.32 Å². The molecule has 43 heavy (non-hydrogen) atoms. The van der Waals surface area contributed by atoms with Crippen LogP contribution in [0.4, 0.5) is 0 Å². The van der Waals surface area contributed by atoms with Crippen molar-refractivity contribution >= 4 is 23.9 Å². The van der Waals surface area contributed by atoms with Crippen molar-refractivity contribution in [3.8, 4) is 11.3 Å². The summed E-state index contributed by atoms with van der Waals surface area (Å²) in [7, 11) is 0. The van der Waals surface area contributed by atoms with E-state index < -0.39 is 30.0 Å². The van der Waals surface area contributed by atoms with Gasteiger partial charge in [0.25, 0.3) is 0 Å². The summed E-state index contributed by atoms with van der Waals surface area (Å²) in [4.78, 5) is 38.7. The van der Waals surface area contributed by atoms with Gasteiger partial charge in [-0.3, -0.25) is 9.58 Å². The summed E-state index contributed by atoms with van der Waals surface area (Å²) in [6, 6.07) is 18.8. The largest absolute Gasteiger partial charge is 0.473 e. The Morgan fingerprint density at radius 3 is 2.07 bits per heavy atom. The quantitative estimate of drug-likeness (QED) is 0.190. The number of aliphatic carboxylic acids is 4. The number of aryl methyl sites for hydroxylation is 1. The van der Waals surface area contributed by atoms with Gasteiger partial charge < -0.3 is 35.6 Å². The van der Waals surface area contributed by atoms with Gasteiger partial charge in [0.1, 0.15) is 0 Å². The smallest absolute Gasteiger partial charge is 0.414 e. The molecule has 1 saturated heterocycles. The number of hydrogen-bond donors (Lipinski definition) is 6. The van der Waals surface area contributed by atoms with Gasteiger partial charge in [-0.05, 0) is 18.6 Å². The number of carbonyl (C=O) groups is 4. The number of hydrogen-bond acceptors (Lipinski definition) is 9. The zero-order valence-corrected chi connectivity index (χ0v) is 23.6. The second kappa shape index (κ2) is 18.0. The summed E-state index contributed by atoms with van der Waals surface area (Å²) in [5.41, 5.74) is 5.70. The molecule has 232 valence electrons. The van der Waals surface area contributed by atoms with Gasteiger partial charge >= 0.3 is 23.9 Å². The van der Waals surface area contributed by atoms with Crippen molar-refractivity contribution in [3.63, 3.8) is 0 Å². The molecule has 0 saturated carbocycles. The summed E-state index contributed by atoms with van der Waals surface area (Å²) < 4.78 is 7.39. The summed E-state index contributed by atoms with van der Waals surface area (Å²) in [5, 5.41) is 48.3. The Hall–Kier alpha value is -4.63. The van der Waals surface area contributed by atoms with Crippen LogP contribution in [0.25, 0.3) is 11.3 Å². The Kier molecular flexibility index (Phi) is 14.5. The van der Waals surface area contributed by atoms with Gasteiger partial charge in [0.15, 0.2) is 0 Å². The van der Waals surface area contributed by atoms with Crippen LogP contribution in [0, 0.1) is 6.92 Å². The second-order valence-corrected chi connectivity index (χ2v) is 9.47. The Morgan fingerprint density at radius 2 is 1.51 bits per heavy atom. The maximum absolute atomic E-state index is 10.4. The van der Waals surface area contributed by atoms with Crippen LogP contribution >= 0.6 is 0 Å². The molecule has 14 nitrogen and oxygen atoms in total. The molecule has 1 atom stereocenters. The number of aromatic nitrogens is 2. The van der Waals surface area contributed by atoms with E-state index >= 15 is 0 Å². The van der Waals surface area contributed by atoms with E-state index in [1.807, 2.05) is 10.7 Å². The molecular formula is C29H36N4O10. The van der Waals surface area contributed by atoms with E-state index in [-0.39, 0.29) is 0 Å². The molecule has 1 fully saturated rings. The average molecular weight is 601 g/mol. The molecule has 0 aliphatic carbocycles. The predicted octanol–water partition coefficient (Wildman–Crippen LogP) is 1.00. The number of benzene rings is 2. The maximum atomic E-state index is 10.4. The van der Waals surface area contributed by atoms with Gasteiger partial charge in [-0.2, -0.15) is 5.10 Å². The summed E-state index contributed by atoms with van der Waals surface area (Å²) in [6.45, 7) is 8.01. The highest BCUT2D eigenvalue weighted by Gasteiger charge is 2.16. The summed E-state index contributed by atoms with van der Waals surface area (Å²) >= 11 is 0. The molecule has 4 rings (SSSR count). The van der Waals surface area contributed by atoms with Crippen molar-refractivity contribution in [2.45, 2.75) is 26.1 Å². The molecule has 14 heteroatoms. The fourth-order valence-electron chi connectivity index (χ4n) is 4.00. The SMILES string of the molecule is Cc1cccc(-c2nn(Cc3ccccc3)cc2CNCC(O)CN2CCOCC2)c1.O=C(O)C(=O)O.O=C(O)C(=O)O. The van der Waals surface area contributed by atoms with E-state index in [9.17, 15) is 5.11 Å². The number of carboxylic acids is 4. The van der Waals surface area contributed by atoms with Crippen molar-refractivity contribution in [2.75, 3.05) is 39.4 Å². The van der Waals surface area contributed by atoms with Crippen LogP contribution in [-0.4, -0.2) is 110 Å². The molecule has 1 unspecified atom stereocenters. The molecule has 1 aliphatic rings. The van der Waals surface area contributed by atoms with E-state index in [0.29, 0.717) is 19.6 Å². The molecule has 2 heterocycles. The van der Waals surface area contributed by atoms with E-state index in [4.69, 9.17) is 49.4 Å². The minimum Gasteiger partial charge on any atom is -0.473 e. The topological polar surface area (TPSA) is 212 Å². The Bertz CT molecular complexity index is 1290. The van der Waals surface area contributed by atoms with E-state index in [1.165, 1.54) is 11.1 Å². The Balaban J connectivity index is 0.000000455. The Labute approximate surface area is 247 Å². The standard InChI is InChI=1S/C25H32N4O2.2C2H2O4/c1-20-6-5-9-22(14-20)25-23(18-29(27-25)17-21-7-3-2-4-8-21)15-26-16-24(30)19-28-10-12-31-13-11-28;2*3-1(4)2(5)6/h2-9,14,18,24,26,30H,10-13,15-17,19H2,1H3;2*(H,3,4)(H,5,6). The van der Waals surface area contributed by atoms with Crippen LogP contribution in [0.2, 0.25) is 0 Å². The molecule has 3 aromatic rings. The first kappa shape index (κ1) is 34.6. The highest BCUT2D eigenvalue weighted by atomic mass is 16.5. The number of carboxylic acid groups (broad SMARTS) is 4. The minimum absolute atomic E-state index is 0.403. The van der Waals surface area contributed by atoms with Crippen LogP contribution in [-0.2, 0) is 37.0 Å². The molecular weight excluding hydrogens is 564 g/mol. The molecule has 1 aromatic heterocycles. The number of β-amino-alcohol motifs (C(OH)–C–C–N with tert-alkyl or cyclic N) is 1. The molecule has 1 aliphatic heterocycles. The number of morpholine rings is 1. The van der Waals surface area contributed by atoms with Crippen LogP contribution in [0.5, 0.6) is 0 Å². The van der Waals surface area contributed by atoms with E-state index in [1.54, 1.807) is 0 Å². The van der Waals surface area contributed by atoms with E-state index in [2.05, 4.69) is 71.9 Å². The number of aliphatic hydroxyl groups is 1. The van der Waals surface area contributed by atoms with Crippen molar-refractivity contribution in [3.05, 3.63) is 77.5 Å². The fraction of sp³-hybridized carbons (Fsp3) is 0.345. The van der Waals surface area contributed by atoms with E-state index in [0.717, 1.165) is 49.7 Å². The molecule has 0 bridgehead atoms. The van der Waals surface area contributed by atoms with Gasteiger partial charge in [0, 0.05) is 50.0 Å². The lowest BCUT2D eigenvalue weighted by molar-refractivity contribution is -0.159. The van der Waals surface area contributed by atoms with Gasteiger partial charge in [-0.15, -0.1) is 0 Å². The molecule has 0 amide bonds. The van der Waals surface area contributed by atoms with Crippen molar-refractivity contribution in [1.82, 2.24) is 20.0 Å². The van der Waals surface area contributed by atoms with Crippen LogP contribution in [0.1, 0.15) is 16.7 Å². The van der Waals surface area contributed by atoms with Gasteiger partial charge in [0.2, 0.25) is 0 Å². The monoisotopic (exact) mass is 600 g/mol. The molecule has 2 aromatic carbocycles. The molecule has 0 radical (unpaired) electrons. The lowest BCUT2D eigenvalue weighted by Crippen LogP contribution is -2.43. The van der Waals surface area contributed by atoms with Gasteiger partial charge in [-0.1, -0.05) is 54.1 Å². The second-order valence-electron chi connectivity index (χ2n) is 9.47. The Morgan fingerprint density at radius 1 is 0.907 bits per heavy atom. The first-order chi connectivity index (χ1) is 20.5. The molecule has 6 N–H and O–H groups in total. The van der Waals surface area contributed by atoms with Crippen molar-refractivity contribution < 1.29 is 49.4 Å². The normalized spacial score (nSPS) is 13.4. The first-order valence-corrected chi connectivity index (χ1v) is 13.2. The molecule has 0 spiro atoms. The predicted molar refractivity (Wildman–Crippen MR) is 153 cm³/mol. The summed E-state index contributed by atoms with van der Waals surface area (Å²) in [5.74, 6) is -7.30. The van der Waals surface area contributed by atoms with Crippen LogP contribution in [0.3, 0.4) is 0 Å². The van der Waals surface area contributed by atoms with Gasteiger partial charge in [-0.25, -0.2) is 19.2 Å². The average Bonchev–Trinajstić information content (AvgIpc) is 3.37.